The van der Waals surface area contributed by atoms with E-state index in [9.17, 15) is 14.3 Å². The molecule has 6 aromatic rings. The van der Waals surface area contributed by atoms with E-state index in [0.717, 1.165) is 39.1 Å². The molecular weight excluding hydrogens is 497 g/mol. The van der Waals surface area contributed by atoms with Crippen LogP contribution in [0.1, 0.15) is 20.3 Å². The lowest BCUT2D eigenvalue weighted by Gasteiger charge is -2.08. The van der Waals surface area contributed by atoms with Crippen LogP contribution in [0.3, 0.4) is 0 Å². The molecule has 10 heteroatoms. The SMILES string of the molecule is CC(C)CC(=O)Nc1cncc(-c2cc3c(-c4cc5c(-c6cc(O)cc(F)c6)cncc5[nH]4)n[nH]c3cn2)c1. The third-order valence-electron chi connectivity index (χ3n) is 6.35. The summed E-state index contributed by atoms with van der Waals surface area (Å²) in [5, 5.41) is 22.0. The van der Waals surface area contributed by atoms with Crippen LogP contribution in [0.25, 0.3) is 55.6 Å². The van der Waals surface area contributed by atoms with Crippen LogP contribution in [0, 0.1) is 11.7 Å². The molecule has 1 amide bonds. The fraction of sp³-hybridized carbons (Fsp3) is 0.138. The predicted molar refractivity (Wildman–Crippen MR) is 147 cm³/mol. The van der Waals surface area contributed by atoms with Gasteiger partial charge in [0.15, 0.2) is 0 Å². The maximum Gasteiger partial charge on any atom is 0.224 e. The first kappa shape index (κ1) is 24.2. The molecule has 0 saturated heterocycles. The van der Waals surface area contributed by atoms with E-state index < -0.39 is 5.82 Å². The first-order valence-electron chi connectivity index (χ1n) is 12.4. The van der Waals surface area contributed by atoms with Gasteiger partial charge in [-0.05, 0) is 41.8 Å². The topological polar surface area (TPSA) is 132 Å². The Labute approximate surface area is 222 Å². The van der Waals surface area contributed by atoms with Crippen molar-refractivity contribution < 1.29 is 14.3 Å². The van der Waals surface area contributed by atoms with Gasteiger partial charge in [0, 0.05) is 46.8 Å². The Kier molecular flexibility index (Phi) is 5.99. The second-order valence-corrected chi connectivity index (χ2v) is 9.83. The van der Waals surface area contributed by atoms with Crippen molar-refractivity contribution in [3.8, 4) is 39.5 Å². The van der Waals surface area contributed by atoms with Gasteiger partial charge in [0.2, 0.25) is 5.91 Å². The number of halogens is 1. The van der Waals surface area contributed by atoms with E-state index in [0.29, 0.717) is 34.6 Å². The number of anilines is 1. The molecule has 0 aliphatic heterocycles. The Hall–Kier alpha value is -5.12. The number of aromatic nitrogens is 6. The molecule has 0 aliphatic carbocycles. The largest absolute Gasteiger partial charge is 0.508 e. The second-order valence-electron chi connectivity index (χ2n) is 9.83. The summed E-state index contributed by atoms with van der Waals surface area (Å²) in [6.45, 7) is 3.99. The van der Waals surface area contributed by atoms with Gasteiger partial charge in [-0.3, -0.25) is 24.8 Å². The number of phenolic OH excluding ortho intramolecular Hbond substituents is 1. The van der Waals surface area contributed by atoms with E-state index in [4.69, 9.17) is 0 Å². The molecule has 6 rings (SSSR count). The molecule has 1 aromatic carbocycles. The fourth-order valence-electron chi connectivity index (χ4n) is 4.65. The Morgan fingerprint density at radius 2 is 1.79 bits per heavy atom. The number of pyridine rings is 3. The van der Waals surface area contributed by atoms with Crippen molar-refractivity contribution in [3.63, 3.8) is 0 Å². The van der Waals surface area contributed by atoms with E-state index in [-0.39, 0.29) is 17.6 Å². The summed E-state index contributed by atoms with van der Waals surface area (Å²) in [4.78, 5) is 28.7. The normalized spacial score (nSPS) is 11.5. The highest BCUT2D eigenvalue weighted by Crippen LogP contribution is 2.35. The van der Waals surface area contributed by atoms with Crippen LogP contribution in [-0.4, -0.2) is 41.1 Å². The average molecular weight is 522 g/mol. The van der Waals surface area contributed by atoms with Crippen molar-refractivity contribution in [1.82, 2.24) is 30.1 Å². The lowest BCUT2D eigenvalue weighted by molar-refractivity contribution is -0.116. The highest BCUT2D eigenvalue weighted by atomic mass is 19.1. The van der Waals surface area contributed by atoms with Crippen LogP contribution in [-0.2, 0) is 4.79 Å². The maximum atomic E-state index is 14.0. The van der Waals surface area contributed by atoms with Gasteiger partial charge in [0.25, 0.3) is 0 Å². The van der Waals surface area contributed by atoms with Crippen LogP contribution >= 0.6 is 0 Å². The molecule has 0 radical (unpaired) electrons. The number of benzene rings is 1. The molecule has 0 aliphatic rings. The fourth-order valence-corrected chi connectivity index (χ4v) is 4.65. The molecule has 0 bridgehead atoms. The molecule has 0 spiro atoms. The number of phenols is 1. The minimum atomic E-state index is -0.533. The van der Waals surface area contributed by atoms with Crippen molar-refractivity contribution in [2.45, 2.75) is 20.3 Å². The zero-order chi connectivity index (χ0) is 27.1. The van der Waals surface area contributed by atoms with E-state index in [1.54, 1.807) is 31.0 Å². The number of hydrogen-bond donors (Lipinski definition) is 4. The number of carbonyl (C=O) groups excluding carboxylic acids is 1. The summed E-state index contributed by atoms with van der Waals surface area (Å²) in [6, 6.07) is 9.61. The number of fused-ring (bicyclic) bond motifs is 2. The summed E-state index contributed by atoms with van der Waals surface area (Å²) in [6.07, 6.45) is 8.76. The summed E-state index contributed by atoms with van der Waals surface area (Å²) in [5.74, 6) is -0.504. The van der Waals surface area contributed by atoms with Crippen molar-refractivity contribution in [2.24, 2.45) is 5.92 Å². The van der Waals surface area contributed by atoms with Crippen LogP contribution in [0.2, 0.25) is 0 Å². The van der Waals surface area contributed by atoms with Gasteiger partial charge in [-0.2, -0.15) is 5.10 Å². The van der Waals surface area contributed by atoms with Gasteiger partial charge in [-0.15, -0.1) is 0 Å². The summed E-state index contributed by atoms with van der Waals surface area (Å²) in [7, 11) is 0. The van der Waals surface area contributed by atoms with Gasteiger partial charge >= 0.3 is 0 Å². The molecule has 5 heterocycles. The molecule has 0 saturated carbocycles. The lowest BCUT2D eigenvalue weighted by atomic mass is 10.0. The van der Waals surface area contributed by atoms with Crippen molar-refractivity contribution >= 4 is 33.4 Å². The Morgan fingerprint density at radius 3 is 2.62 bits per heavy atom. The van der Waals surface area contributed by atoms with Crippen molar-refractivity contribution in [2.75, 3.05) is 5.32 Å². The number of carbonyl (C=O) groups is 1. The van der Waals surface area contributed by atoms with Gasteiger partial charge in [-0.25, -0.2) is 4.39 Å². The summed E-state index contributed by atoms with van der Waals surface area (Å²) in [5.41, 5.74) is 6.11. The van der Waals surface area contributed by atoms with Crippen LogP contribution in [0.15, 0.2) is 67.4 Å². The number of hydrogen-bond acceptors (Lipinski definition) is 6. The van der Waals surface area contributed by atoms with Crippen molar-refractivity contribution in [3.05, 3.63) is 73.2 Å². The Balaban J connectivity index is 1.39. The Morgan fingerprint density at radius 1 is 0.949 bits per heavy atom. The van der Waals surface area contributed by atoms with Crippen LogP contribution in [0.4, 0.5) is 10.1 Å². The van der Waals surface area contributed by atoms with Crippen LogP contribution < -0.4 is 5.32 Å². The summed E-state index contributed by atoms with van der Waals surface area (Å²) < 4.78 is 14.0. The molecular formula is C29H24FN7O2. The minimum Gasteiger partial charge on any atom is -0.508 e. The van der Waals surface area contributed by atoms with Gasteiger partial charge < -0.3 is 15.4 Å². The Bertz CT molecular complexity index is 1840. The zero-order valence-corrected chi connectivity index (χ0v) is 21.2. The lowest BCUT2D eigenvalue weighted by Crippen LogP contribution is -2.13. The van der Waals surface area contributed by atoms with Crippen LogP contribution in [0.5, 0.6) is 5.75 Å². The number of nitrogens with one attached hydrogen (secondary N) is 3. The third kappa shape index (κ3) is 4.79. The number of H-pyrrole nitrogens is 2. The molecule has 0 unspecified atom stereocenters. The smallest absolute Gasteiger partial charge is 0.224 e. The molecule has 0 fully saturated rings. The number of aromatic hydroxyl groups is 1. The molecule has 39 heavy (non-hydrogen) atoms. The standard InChI is InChI=1S/C29H24FN7O2/c1-15(2)3-28(39)34-19-5-17(10-31-11-19)24-9-22-27(14-33-24)36-37-29(22)25-8-21-23(12-32-13-26(21)35-25)16-4-18(30)7-20(38)6-16/h4-15,35,38H,3H2,1-2H3,(H,34,39)(H,36,37). The van der Waals surface area contributed by atoms with E-state index in [1.165, 1.54) is 12.1 Å². The maximum absolute atomic E-state index is 14.0. The van der Waals surface area contributed by atoms with Gasteiger partial charge in [0.05, 0.1) is 46.7 Å². The third-order valence-corrected chi connectivity index (χ3v) is 6.35. The minimum absolute atomic E-state index is 0.0643. The average Bonchev–Trinajstić information content (AvgIpc) is 3.51. The predicted octanol–water partition coefficient (Wildman–Crippen LogP) is 6.06. The van der Waals surface area contributed by atoms with Gasteiger partial charge in [-0.1, -0.05) is 13.8 Å². The molecule has 0 atom stereocenters. The number of nitrogens with zero attached hydrogens (tertiary/aromatic N) is 4. The summed E-state index contributed by atoms with van der Waals surface area (Å²) >= 11 is 0. The molecule has 194 valence electrons. The van der Waals surface area contributed by atoms with Gasteiger partial charge in [0.1, 0.15) is 17.3 Å². The monoisotopic (exact) mass is 521 g/mol. The first-order chi connectivity index (χ1) is 18.8. The molecule has 9 nitrogen and oxygen atoms in total. The number of aromatic amines is 2. The highest BCUT2D eigenvalue weighted by molar-refractivity contribution is 6.01. The van der Waals surface area contributed by atoms with E-state index >= 15 is 0 Å². The van der Waals surface area contributed by atoms with E-state index in [2.05, 4.69) is 35.5 Å². The first-order valence-corrected chi connectivity index (χ1v) is 12.4. The zero-order valence-electron chi connectivity index (χ0n) is 21.2. The molecule has 4 N–H and O–H groups in total. The number of amides is 1. The van der Waals surface area contributed by atoms with Crippen molar-refractivity contribution in [1.29, 1.82) is 0 Å². The second kappa shape index (κ2) is 9.64. The number of rotatable bonds is 6. The highest BCUT2D eigenvalue weighted by Gasteiger charge is 2.16. The molecule has 5 aromatic heterocycles. The quantitative estimate of drug-likeness (QED) is 0.211. The van der Waals surface area contributed by atoms with E-state index in [1.807, 2.05) is 32.0 Å².